The Bertz CT molecular complexity index is 966. The van der Waals surface area contributed by atoms with Crippen molar-refractivity contribution in [2.24, 2.45) is 0 Å². The molecule has 1 saturated heterocycles. The Morgan fingerprint density at radius 1 is 1.30 bits per heavy atom. The monoisotopic (exact) mass is 364 g/mol. The average molecular weight is 364 g/mol. The number of rotatable bonds is 4. The maximum absolute atomic E-state index is 12.8. The molecule has 0 aliphatic carbocycles. The van der Waals surface area contributed by atoms with Crippen molar-refractivity contribution in [3.8, 4) is 5.75 Å². The second-order valence-corrected chi connectivity index (χ2v) is 7.07. The van der Waals surface area contributed by atoms with E-state index in [4.69, 9.17) is 4.74 Å². The van der Waals surface area contributed by atoms with Gasteiger partial charge in [0.15, 0.2) is 0 Å². The number of ether oxygens (including phenoxy) is 1. The molecule has 0 bridgehead atoms. The minimum absolute atomic E-state index is 0.0534. The van der Waals surface area contributed by atoms with Crippen LogP contribution in [0.3, 0.4) is 0 Å². The first kappa shape index (κ1) is 17.5. The molecule has 0 spiro atoms. The molecular formula is C21H24N4O2. The zero-order chi connectivity index (χ0) is 18.8. The third-order valence-electron chi connectivity index (χ3n) is 4.88. The normalized spacial score (nSPS) is 17.3. The molecule has 6 heteroatoms. The van der Waals surface area contributed by atoms with Crippen LogP contribution in [0.1, 0.15) is 28.5 Å². The molecule has 1 atom stereocenters. The third-order valence-corrected chi connectivity index (χ3v) is 4.88. The Kier molecular flexibility index (Phi) is 4.81. The van der Waals surface area contributed by atoms with Crippen LogP contribution >= 0.6 is 0 Å². The first-order chi connectivity index (χ1) is 13.1. The number of nitrogens with zero attached hydrogens (tertiary/aromatic N) is 3. The minimum atomic E-state index is 0.0534. The second-order valence-electron chi connectivity index (χ2n) is 7.07. The van der Waals surface area contributed by atoms with Crippen molar-refractivity contribution in [3.63, 3.8) is 0 Å². The van der Waals surface area contributed by atoms with Gasteiger partial charge in [0.2, 0.25) is 0 Å². The van der Waals surface area contributed by atoms with Gasteiger partial charge >= 0.3 is 0 Å². The summed E-state index contributed by atoms with van der Waals surface area (Å²) in [5.74, 6) is 0.731. The fraction of sp³-hybridized carbons (Fsp3) is 0.333. The number of benzene rings is 1. The quantitative estimate of drug-likeness (QED) is 0.773. The molecule has 1 N–H and O–H groups in total. The summed E-state index contributed by atoms with van der Waals surface area (Å²) in [5.41, 5.74) is 3.59. The molecule has 2 aromatic heterocycles. The van der Waals surface area contributed by atoms with Gasteiger partial charge in [-0.15, -0.1) is 0 Å². The van der Waals surface area contributed by atoms with Crippen molar-refractivity contribution in [2.75, 3.05) is 19.6 Å². The van der Waals surface area contributed by atoms with E-state index in [2.05, 4.69) is 24.1 Å². The third kappa shape index (κ3) is 3.80. The molecule has 1 aromatic carbocycles. The Morgan fingerprint density at radius 3 is 3.04 bits per heavy atom. The van der Waals surface area contributed by atoms with Crippen molar-refractivity contribution in [2.45, 2.75) is 26.5 Å². The summed E-state index contributed by atoms with van der Waals surface area (Å²) in [5, 5.41) is 3.31. The van der Waals surface area contributed by atoms with Gasteiger partial charge in [0.25, 0.3) is 5.91 Å². The number of nitrogens with one attached hydrogen (secondary N) is 1. The van der Waals surface area contributed by atoms with Crippen LogP contribution < -0.4 is 10.1 Å². The van der Waals surface area contributed by atoms with E-state index in [0.29, 0.717) is 17.9 Å². The van der Waals surface area contributed by atoms with Gasteiger partial charge in [-0.25, -0.2) is 4.98 Å². The average Bonchev–Trinajstić information content (AvgIpc) is 3.08. The number of carbonyl (C=O) groups is 1. The number of pyridine rings is 1. The number of hydrogen-bond acceptors (Lipinski definition) is 4. The SMILES string of the molecule is Cc1ccc2nc(COc3cccc(C(=O)N4CCNCC4C)c3)cn2c1. The van der Waals surface area contributed by atoms with Crippen LogP contribution in [0, 0.1) is 6.92 Å². The topological polar surface area (TPSA) is 58.9 Å². The molecular weight excluding hydrogens is 340 g/mol. The molecule has 3 aromatic rings. The van der Waals surface area contributed by atoms with Gasteiger partial charge in [-0.1, -0.05) is 12.1 Å². The summed E-state index contributed by atoms with van der Waals surface area (Å²) in [7, 11) is 0. The molecule has 1 aliphatic heterocycles. The van der Waals surface area contributed by atoms with Gasteiger partial charge < -0.3 is 19.4 Å². The highest BCUT2D eigenvalue weighted by Gasteiger charge is 2.24. The lowest BCUT2D eigenvalue weighted by molar-refractivity contribution is 0.0655. The van der Waals surface area contributed by atoms with Crippen molar-refractivity contribution < 1.29 is 9.53 Å². The zero-order valence-corrected chi connectivity index (χ0v) is 15.7. The van der Waals surface area contributed by atoms with Crippen LogP contribution in [0.25, 0.3) is 5.65 Å². The van der Waals surface area contributed by atoms with Crippen LogP contribution in [-0.2, 0) is 6.61 Å². The fourth-order valence-electron chi connectivity index (χ4n) is 3.41. The van der Waals surface area contributed by atoms with E-state index >= 15 is 0 Å². The maximum Gasteiger partial charge on any atom is 0.254 e. The number of imidazole rings is 1. The van der Waals surface area contributed by atoms with E-state index in [1.807, 2.05) is 58.1 Å². The standard InChI is InChI=1S/C21H24N4O2/c1-15-6-7-20-23-18(13-24(20)12-15)14-27-19-5-3-4-17(10-19)21(26)25-9-8-22-11-16(25)2/h3-7,10,12-13,16,22H,8-9,11,14H2,1-2H3. The highest BCUT2D eigenvalue weighted by molar-refractivity contribution is 5.94. The predicted molar refractivity (Wildman–Crippen MR) is 104 cm³/mol. The van der Waals surface area contributed by atoms with Crippen LogP contribution in [0.4, 0.5) is 0 Å². The predicted octanol–water partition coefficient (Wildman–Crippen LogP) is 2.66. The first-order valence-electron chi connectivity index (χ1n) is 9.29. The second kappa shape index (κ2) is 7.40. The van der Waals surface area contributed by atoms with E-state index in [1.165, 1.54) is 5.56 Å². The summed E-state index contributed by atoms with van der Waals surface area (Å²) in [6.07, 6.45) is 4.01. The minimum Gasteiger partial charge on any atom is -0.487 e. The van der Waals surface area contributed by atoms with Gasteiger partial charge in [-0.2, -0.15) is 0 Å². The summed E-state index contributed by atoms with van der Waals surface area (Å²) >= 11 is 0. The Hall–Kier alpha value is -2.86. The number of amides is 1. The fourth-order valence-corrected chi connectivity index (χ4v) is 3.41. The molecule has 27 heavy (non-hydrogen) atoms. The van der Waals surface area contributed by atoms with Gasteiger partial charge in [0.05, 0.1) is 5.69 Å². The van der Waals surface area contributed by atoms with E-state index < -0.39 is 0 Å². The van der Waals surface area contributed by atoms with Crippen molar-refractivity contribution in [1.29, 1.82) is 0 Å². The first-order valence-corrected chi connectivity index (χ1v) is 9.29. The lowest BCUT2D eigenvalue weighted by Crippen LogP contribution is -2.52. The van der Waals surface area contributed by atoms with E-state index in [9.17, 15) is 4.79 Å². The lowest BCUT2D eigenvalue weighted by atomic mass is 10.1. The molecule has 0 saturated carbocycles. The number of piperazine rings is 1. The zero-order valence-electron chi connectivity index (χ0n) is 15.7. The summed E-state index contributed by atoms with van der Waals surface area (Å²) in [4.78, 5) is 19.3. The molecule has 1 aliphatic rings. The van der Waals surface area contributed by atoms with E-state index in [-0.39, 0.29) is 11.9 Å². The Labute approximate surface area is 158 Å². The highest BCUT2D eigenvalue weighted by atomic mass is 16.5. The molecule has 3 heterocycles. The van der Waals surface area contributed by atoms with E-state index in [0.717, 1.165) is 31.0 Å². The van der Waals surface area contributed by atoms with E-state index in [1.54, 1.807) is 0 Å². The smallest absolute Gasteiger partial charge is 0.254 e. The van der Waals surface area contributed by atoms with Crippen LogP contribution in [0.2, 0.25) is 0 Å². The van der Waals surface area contributed by atoms with Gasteiger partial charge in [-0.05, 0) is 43.7 Å². The number of carbonyl (C=O) groups excluding carboxylic acids is 1. The number of aromatic nitrogens is 2. The van der Waals surface area contributed by atoms with Crippen LogP contribution in [0.15, 0.2) is 48.8 Å². The van der Waals surface area contributed by atoms with Crippen molar-refractivity contribution in [3.05, 3.63) is 65.6 Å². The number of aryl methyl sites for hydroxylation is 1. The molecule has 140 valence electrons. The van der Waals surface area contributed by atoms with Gasteiger partial charge in [0.1, 0.15) is 18.0 Å². The highest BCUT2D eigenvalue weighted by Crippen LogP contribution is 2.18. The molecule has 6 nitrogen and oxygen atoms in total. The van der Waals surface area contributed by atoms with Crippen LogP contribution in [-0.4, -0.2) is 45.9 Å². The maximum atomic E-state index is 12.8. The number of fused-ring (bicyclic) bond motifs is 1. The summed E-state index contributed by atoms with van der Waals surface area (Å²) in [6, 6.07) is 11.6. The molecule has 1 amide bonds. The van der Waals surface area contributed by atoms with Crippen molar-refractivity contribution in [1.82, 2.24) is 19.6 Å². The summed E-state index contributed by atoms with van der Waals surface area (Å²) in [6.45, 7) is 6.87. The Morgan fingerprint density at radius 2 is 2.19 bits per heavy atom. The molecule has 0 radical (unpaired) electrons. The largest absolute Gasteiger partial charge is 0.487 e. The summed E-state index contributed by atoms with van der Waals surface area (Å²) < 4.78 is 7.90. The lowest BCUT2D eigenvalue weighted by Gasteiger charge is -2.34. The molecule has 1 fully saturated rings. The molecule has 1 unspecified atom stereocenters. The van der Waals surface area contributed by atoms with Crippen molar-refractivity contribution >= 4 is 11.6 Å². The number of hydrogen-bond donors (Lipinski definition) is 1. The van der Waals surface area contributed by atoms with Gasteiger partial charge in [-0.3, -0.25) is 4.79 Å². The molecule has 4 rings (SSSR count). The Balaban J connectivity index is 1.46. The van der Waals surface area contributed by atoms with Gasteiger partial charge in [0, 0.05) is 43.6 Å². The van der Waals surface area contributed by atoms with Crippen LogP contribution in [0.5, 0.6) is 5.75 Å².